The Kier molecular flexibility index (Phi) is 7.15. The molecule has 1 saturated carbocycles. The van der Waals surface area contributed by atoms with Crippen LogP contribution in [-0.4, -0.2) is 28.6 Å². The van der Waals surface area contributed by atoms with Crippen LogP contribution in [0.2, 0.25) is 0 Å². The molecule has 4 aromatic carbocycles. The first-order valence-corrected chi connectivity index (χ1v) is 15.7. The maximum Gasteiger partial charge on any atom is 0.181 e. The zero-order chi connectivity index (χ0) is 28.7. The molecular weight excluding hydrogens is 514 g/mol. The highest BCUT2D eigenvalue weighted by Crippen LogP contribution is 2.63. The Bertz CT molecular complexity index is 1570. The molecule has 1 aliphatic heterocycles. The lowest BCUT2D eigenvalue weighted by atomic mass is 9.57. The highest BCUT2D eigenvalue weighted by atomic mass is 16.1. The molecule has 3 nitrogen and oxygen atoms in total. The summed E-state index contributed by atoms with van der Waals surface area (Å²) in [5, 5.41) is 0. The fraction of sp³-hybridized carbons (Fsp3) is 0.333. The van der Waals surface area contributed by atoms with E-state index in [2.05, 4.69) is 72.5 Å². The van der Waals surface area contributed by atoms with Gasteiger partial charge in [-0.05, 0) is 49.3 Å². The molecule has 4 atom stereocenters. The minimum absolute atomic E-state index is 0.0797. The molecule has 1 saturated heterocycles. The molecule has 3 heteroatoms. The Labute approximate surface area is 249 Å². The van der Waals surface area contributed by atoms with Crippen LogP contribution in [0, 0.1) is 12.3 Å². The van der Waals surface area contributed by atoms with Gasteiger partial charge in [-0.15, -0.1) is 0 Å². The van der Waals surface area contributed by atoms with Crippen molar-refractivity contribution in [2.24, 2.45) is 5.41 Å². The molecule has 0 N–H and O–H groups in total. The minimum atomic E-state index is -0.880. The van der Waals surface area contributed by atoms with Crippen molar-refractivity contribution in [2.75, 3.05) is 0 Å². The molecule has 0 radical (unpaired) electrons. The number of Topliss-reactive ketones (excluding diaryl/α,β-unsaturated/α-hetero) is 2. The van der Waals surface area contributed by atoms with E-state index in [1.807, 2.05) is 48.5 Å². The van der Waals surface area contributed by atoms with Gasteiger partial charge in [0.2, 0.25) is 0 Å². The van der Waals surface area contributed by atoms with Crippen LogP contribution in [0.4, 0.5) is 0 Å². The second-order valence-corrected chi connectivity index (χ2v) is 12.6. The fourth-order valence-corrected chi connectivity index (χ4v) is 8.49. The number of hydrogen-bond donors (Lipinski definition) is 0. The van der Waals surface area contributed by atoms with Gasteiger partial charge in [0.25, 0.3) is 0 Å². The molecule has 42 heavy (non-hydrogen) atoms. The molecule has 4 aromatic rings. The van der Waals surface area contributed by atoms with Gasteiger partial charge in [-0.25, -0.2) is 0 Å². The third-order valence-electron chi connectivity index (χ3n) is 10.4. The van der Waals surface area contributed by atoms with Gasteiger partial charge in [-0.2, -0.15) is 0 Å². The summed E-state index contributed by atoms with van der Waals surface area (Å²) in [4.78, 5) is 32.9. The smallest absolute Gasteiger partial charge is 0.181 e. The average molecular weight is 554 g/mol. The van der Waals surface area contributed by atoms with Crippen molar-refractivity contribution in [1.29, 1.82) is 0 Å². The number of carbonyl (C=O) groups is 2. The van der Waals surface area contributed by atoms with Crippen molar-refractivity contribution in [3.05, 3.63) is 143 Å². The zero-order valence-electron chi connectivity index (χ0n) is 24.4. The van der Waals surface area contributed by atoms with Crippen molar-refractivity contribution in [1.82, 2.24) is 4.90 Å². The second-order valence-electron chi connectivity index (χ2n) is 12.6. The fourth-order valence-electron chi connectivity index (χ4n) is 8.49. The van der Waals surface area contributed by atoms with Crippen LogP contribution in [0.3, 0.4) is 0 Å². The molecule has 3 aliphatic rings. The average Bonchev–Trinajstić information content (AvgIpc) is 3.35. The molecule has 2 aliphatic carbocycles. The molecule has 0 bridgehead atoms. The second kappa shape index (κ2) is 11.1. The summed E-state index contributed by atoms with van der Waals surface area (Å²) in [5.74, 6) is 0.0776. The largest absolute Gasteiger partial charge is 0.293 e. The van der Waals surface area contributed by atoms with Crippen molar-refractivity contribution >= 4 is 11.6 Å². The lowest BCUT2D eigenvalue weighted by Crippen LogP contribution is -2.55. The van der Waals surface area contributed by atoms with Crippen LogP contribution in [-0.2, 0) is 6.42 Å². The quantitative estimate of drug-likeness (QED) is 0.232. The third-order valence-corrected chi connectivity index (χ3v) is 10.4. The summed E-state index contributed by atoms with van der Waals surface area (Å²) >= 11 is 0. The molecule has 1 heterocycles. The van der Waals surface area contributed by atoms with Crippen LogP contribution in [0.25, 0.3) is 0 Å². The monoisotopic (exact) mass is 553 g/mol. The lowest BCUT2D eigenvalue weighted by Gasteiger charge is -2.44. The minimum Gasteiger partial charge on any atom is -0.293 e. The Balaban J connectivity index is 1.53. The van der Waals surface area contributed by atoms with Gasteiger partial charge in [0.05, 0.1) is 11.5 Å². The highest BCUT2D eigenvalue weighted by molar-refractivity contribution is 6.11. The Morgan fingerprint density at radius 3 is 2.10 bits per heavy atom. The molecule has 0 aromatic heterocycles. The van der Waals surface area contributed by atoms with E-state index >= 15 is 9.59 Å². The Morgan fingerprint density at radius 2 is 1.38 bits per heavy atom. The van der Waals surface area contributed by atoms with Crippen LogP contribution in [0.15, 0.2) is 109 Å². The maximum atomic E-state index is 15.3. The number of benzene rings is 4. The SMILES string of the molecule is Cc1ccc([C@@H]2[C@@H](c3ccccc3)N(C3CCCCC3)[C@H](C(=O)c3ccccc3)[C@]23CCc2ccccc2C3=O)cc1. The number of rotatable bonds is 5. The number of hydrogen-bond acceptors (Lipinski definition) is 3. The van der Waals surface area contributed by atoms with E-state index in [1.165, 1.54) is 17.5 Å². The Morgan fingerprint density at radius 1 is 0.738 bits per heavy atom. The summed E-state index contributed by atoms with van der Waals surface area (Å²) in [6, 6.07) is 37.0. The van der Waals surface area contributed by atoms with E-state index in [1.54, 1.807) is 0 Å². The number of ketones is 2. The van der Waals surface area contributed by atoms with Gasteiger partial charge in [-0.3, -0.25) is 14.5 Å². The first-order valence-electron chi connectivity index (χ1n) is 15.7. The van der Waals surface area contributed by atoms with Gasteiger partial charge in [0.1, 0.15) is 0 Å². The van der Waals surface area contributed by atoms with Gasteiger partial charge in [-0.1, -0.05) is 134 Å². The third kappa shape index (κ3) is 4.37. The number of nitrogens with zero attached hydrogens (tertiary/aromatic N) is 1. The van der Waals surface area contributed by atoms with E-state index in [-0.39, 0.29) is 29.6 Å². The van der Waals surface area contributed by atoms with Crippen LogP contribution in [0.1, 0.15) is 93.5 Å². The van der Waals surface area contributed by atoms with E-state index in [4.69, 9.17) is 0 Å². The van der Waals surface area contributed by atoms with E-state index in [0.29, 0.717) is 12.0 Å². The van der Waals surface area contributed by atoms with Crippen molar-refractivity contribution < 1.29 is 9.59 Å². The number of carbonyl (C=O) groups excluding carboxylic acids is 2. The van der Waals surface area contributed by atoms with Crippen LogP contribution >= 0.6 is 0 Å². The number of fused-ring (bicyclic) bond motifs is 1. The molecule has 2 fully saturated rings. The lowest BCUT2D eigenvalue weighted by molar-refractivity contribution is 0.0414. The summed E-state index contributed by atoms with van der Waals surface area (Å²) in [7, 11) is 0. The number of likely N-dealkylation sites (tertiary alicyclic amines) is 1. The van der Waals surface area contributed by atoms with E-state index in [9.17, 15) is 0 Å². The van der Waals surface area contributed by atoms with Crippen LogP contribution < -0.4 is 0 Å². The molecule has 0 amide bonds. The maximum absolute atomic E-state index is 15.3. The van der Waals surface area contributed by atoms with Gasteiger partial charge < -0.3 is 0 Å². The molecular formula is C39H39NO2. The summed E-state index contributed by atoms with van der Waals surface area (Å²) in [5.41, 5.74) is 5.27. The molecule has 0 unspecified atom stereocenters. The predicted molar refractivity (Wildman–Crippen MR) is 168 cm³/mol. The standard InChI is InChI=1S/C39H39NO2/c1-27-21-23-29(24-22-27)34-35(30-14-5-2-6-15-30)40(32-18-9-4-10-19-32)37(36(41)31-16-7-3-8-17-31)39(34)26-25-28-13-11-12-20-33(28)38(39)42/h2-3,5-8,11-17,20-24,32,34-35,37H,4,9-10,18-19,25-26H2,1H3/t34-,35-,37-,39+/m1/s1. The number of aryl methyl sites for hydroxylation is 2. The Hall–Kier alpha value is -3.82. The van der Waals surface area contributed by atoms with Crippen LogP contribution in [0.5, 0.6) is 0 Å². The summed E-state index contributed by atoms with van der Waals surface area (Å²) in [6.07, 6.45) is 7.13. The topological polar surface area (TPSA) is 37.4 Å². The normalized spacial score (nSPS) is 26.3. The zero-order valence-corrected chi connectivity index (χ0v) is 24.4. The van der Waals surface area contributed by atoms with Crippen molar-refractivity contribution in [3.8, 4) is 0 Å². The first kappa shape index (κ1) is 27.0. The van der Waals surface area contributed by atoms with E-state index in [0.717, 1.165) is 48.8 Å². The molecule has 212 valence electrons. The van der Waals surface area contributed by atoms with Crippen molar-refractivity contribution in [2.45, 2.75) is 75.9 Å². The molecule has 1 spiro atoms. The van der Waals surface area contributed by atoms with Gasteiger partial charge in [0.15, 0.2) is 11.6 Å². The van der Waals surface area contributed by atoms with Gasteiger partial charge in [0, 0.05) is 29.1 Å². The van der Waals surface area contributed by atoms with Gasteiger partial charge >= 0.3 is 0 Å². The summed E-state index contributed by atoms with van der Waals surface area (Å²) < 4.78 is 0. The first-order chi connectivity index (χ1) is 20.6. The summed E-state index contributed by atoms with van der Waals surface area (Å²) in [6.45, 7) is 2.11. The molecule has 7 rings (SSSR count). The predicted octanol–water partition coefficient (Wildman–Crippen LogP) is 8.54. The van der Waals surface area contributed by atoms with E-state index < -0.39 is 11.5 Å². The highest BCUT2D eigenvalue weighted by Gasteiger charge is 2.67. The van der Waals surface area contributed by atoms with Crippen molar-refractivity contribution in [3.63, 3.8) is 0 Å².